The number of carbonyl (C=O) groups excluding carboxylic acids is 3. The number of benzene rings is 1. The molecule has 31 heavy (non-hydrogen) atoms. The summed E-state index contributed by atoms with van der Waals surface area (Å²) >= 11 is 1.33. The number of aromatic nitrogens is 1. The Morgan fingerprint density at radius 3 is 2.58 bits per heavy atom. The molecular formula is C23H28N4O3S. The number of hydrogen-bond acceptors (Lipinski definition) is 5. The van der Waals surface area contributed by atoms with E-state index in [2.05, 4.69) is 48.5 Å². The first-order valence-electron chi connectivity index (χ1n) is 10.7. The molecule has 2 heterocycles. The maximum absolute atomic E-state index is 12.9. The Balaban J connectivity index is 1.43. The summed E-state index contributed by atoms with van der Waals surface area (Å²) in [6.45, 7) is 8.02. The van der Waals surface area contributed by atoms with Crippen molar-refractivity contribution in [3.63, 3.8) is 0 Å². The van der Waals surface area contributed by atoms with Crippen LogP contribution in [0.2, 0.25) is 0 Å². The predicted octanol–water partition coefficient (Wildman–Crippen LogP) is 4.17. The minimum Gasteiger partial charge on any atom is -0.323 e. The lowest BCUT2D eigenvalue weighted by Crippen LogP contribution is -2.49. The van der Waals surface area contributed by atoms with E-state index in [0.29, 0.717) is 23.9 Å². The number of rotatable bonds is 4. The van der Waals surface area contributed by atoms with Gasteiger partial charge < -0.3 is 10.6 Å². The molecule has 2 fully saturated rings. The smallest absolute Gasteiger partial charge is 0.323 e. The molecule has 0 atom stereocenters. The van der Waals surface area contributed by atoms with Crippen LogP contribution >= 0.6 is 11.3 Å². The summed E-state index contributed by atoms with van der Waals surface area (Å²) < 4.78 is 0. The number of carbonyl (C=O) groups is 3. The Hall–Kier alpha value is -2.74. The Bertz CT molecular complexity index is 1050. The van der Waals surface area contributed by atoms with Gasteiger partial charge in [-0.2, -0.15) is 0 Å². The minimum absolute atomic E-state index is 0.287. The largest absolute Gasteiger partial charge is 0.325 e. The Labute approximate surface area is 186 Å². The number of amides is 4. The highest BCUT2D eigenvalue weighted by Crippen LogP contribution is 2.36. The monoisotopic (exact) mass is 440 g/mol. The molecule has 8 heteroatoms. The summed E-state index contributed by atoms with van der Waals surface area (Å²) in [5.41, 5.74) is 4.53. The molecule has 4 rings (SSSR count). The average molecular weight is 441 g/mol. The van der Waals surface area contributed by atoms with Crippen LogP contribution in [0.4, 0.5) is 9.93 Å². The van der Waals surface area contributed by atoms with E-state index in [1.54, 1.807) is 0 Å². The van der Waals surface area contributed by atoms with Gasteiger partial charge in [0.25, 0.3) is 5.91 Å². The summed E-state index contributed by atoms with van der Waals surface area (Å²) in [6, 6.07) is 3.74. The molecule has 1 aromatic heterocycles. The molecule has 1 aliphatic carbocycles. The predicted molar refractivity (Wildman–Crippen MR) is 121 cm³/mol. The van der Waals surface area contributed by atoms with Crippen molar-refractivity contribution in [2.24, 2.45) is 5.92 Å². The van der Waals surface area contributed by atoms with Gasteiger partial charge in [-0.15, -0.1) is 11.3 Å². The maximum Gasteiger partial charge on any atom is 0.325 e. The minimum atomic E-state index is -0.834. The highest BCUT2D eigenvalue weighted by Gasteiger charge is 2.52. The molecule has 0 radical (unpaired) electrons. The van der Waals surface area contributed by atoms with Gasteiger partial charge in [0.15, 0.2) is 5.13 Å². The molecule has 0 unspecified atom stereocenters. The maximum atomic E-state index is 12.9. The fourth-order valence-corrected chi connectivity index (χ4v) is 5.13. The third kappa shape index (κ3) is 4.08. The summed E-state index contributed by atoms with van der Waals surface area (Å²) in [4.78, 5) is 43.5. The van der Waals surface area contributed by atoms with Crippen LogP contribution in [0.25, 0.3) is 11.3 Å². The first kappa shape index (κ1) is 21.5. The SMILES string of the molecule is Cc1cc(C)c(-c2csc(NC(=O)CN3C(=O)NC4(CCC(C)CC4)C3=O)n2)cc1C. The van der Waals surface area contributed by atoms with Crippen LogP contribution in [0.5, 0.6) is 0 Å². The Kier molecular flexibility index (Phi) is 5.60. The molecule has 2 aromatic rings. The van der Waals surface area contributed by atoms with Crippen molar-refractivity contribution in [2.75, 3.05) is 11.9 Å². The van der Waals surface area contributed by atoms with Crippen molar-refractivity contribution in [3.8, 4) is 11.3 Å². The second-order valence-electron chi connectivity index (χ2n) is 8.92. The highest BCUT2D eigenvalue weighted by molar-refractivity contribution is 7.14. The molecule has 4 amide bonds. The van der Waals surface area contributed by atoms with Gasteiger partial charge in [0.1, 0.15) is 12.1 Å². The van der Waals surface area contributed by atoms with E-state index in [0.717, 1.165) is 34.6 Å². The average Bonchev–Trinajstić information content (AvgIpc) is 3.26. The fourth-order valence-electron chi connectivity index (χ4n) is 4.41. The zero-order valence-corrected chi connectivity index (χ0v) is 19.2. The normalized spacial score (nSPS) is 23.4. The van der Waals surface area contributed by atoms with E-state index in [1.165, 1.54) is 22.5 Å². The second kappa shape index (κ2) is 8.07. The van der Waals surface area contributed by atoms with Gasteiger partial charge in [-0.1, -0.05) is 13.0 Å². The molecule has 2 N–H and O–H groups in total. The number of urea groups is 1. The lowest BCUT2D eigenvalue weighted by atomic mass is 9.77. The van der Waals surface area contributed by atoms with Gasteiger partial charge in [0, 0.05) is 10.9 Å². The van der Waals surface area contributed by atoms with Gasteiger partial charge in [-0.25, -0.2) is 9.78 Å². The molecule has 1 aromatic carbocycles. The zero-order chi connectivity index (χ0) is 22.3. The molecular weight excluding hydrogens is 412 g/mol. The number of nitrogens with one attached hydrogen (secondary N) is 2. The van der Waals surface area contributed by atoms with Crippen molar-refractivity contribution in [1.29, 1.82) is 0 Å². The third-order valence-corrected chi connectivity index (χ3v) is 7.30. The first-order valence-corrected chi connectivity index (χ1v) is 11.5. The third-order valence-electron chi connectivity index (χ3n) is 6.54. The van der Waals surface area contributed by atoms with Gasteiger partial charge in [0.2, 0.25) is 5.91 Å². The standard InChI is InChI=1S/C23H28N4O3S/c1-13-5-7-23(8-6-13)20(29)27(22(30)26-23)11-19(28)25-21-24-18(12-31-21)17-10-15(3)14(2)9-16(17)4/h9-10,12-13H,5-8,11H2,1-4H3,(H,26,30)(H,24,25,28). The van der Waals surface area contributed by atoms with Crippen LogP contribution in [0.3, 0.4) is 0 Å². The van der Waals surface area contributed by atoms with E-state index in [4.69, 9.17) is 0 Å². The number of thiazole rings is 1. The topological polar surface area (TPSA) is 91.4 Å². The molecule has 1 saturated carbocycles. The van der Waals surface area contributed by atoms with E-state index >= 15 is 0 Å². The highest BCUT2D eigenvalue weighted by atomic mass is 32.1. The molecule has 7 nitrogen and oxygen atoms in total. The van der Waals surface area contributed by atoms with Gasteiger partial charge in [-0.05, 0) is 75.1 Å². The summed E-state index contributed by atoms with van der Waals surface area (Å²) in [6.07, 6.45) is 3.04. The molecule has 1 spiro atoms. The van der Waals surface area contributed by atoms with Crippen LogP contribution in [0, 0.1) is 26.7 Å². The lowest BCUT2D eigenvalue weighted by molar-refractivity contribution is -0.135. The summed E-state index contributed by atoms with van der Waals surface area (Å²) in [5, 5.41) is 7.93. The molecule has 1 aliphatic heterocycles. The molecule has 164 valence electrons. The van der Waals surface area contributed by atoms with Crippen molar-refractivity contribution >= 4 is 34.3 Å². The first-order chi connectivity index (χ1) is 14.7. The number of imide groups is 1. The summed E-state index contributed by atoms with van der Waals surface area (Å²) in [7, 11) is 0. The second-order valence-corrected chi connectivity index (χ2v) is 9.78. The molecule has 0 bridgehead atoms. The van der Waals surface area contributed by atoms with E-state index in [9.17, 15) is 14.4 Å². The lowest BCUT2D eigenvalue weighted by Gasteiger charge is -2.33. The van der Waals surface area contributed by atoms with Gasteiger partial charge in [-0.3, -0.25) is 14.5 Å². The van der Waals surface area contributed by atoms with Crippen LogP contribution in [0.1, 0.15) is 49.3 Å². The quantitative estimate of drug-likeness (QED) is 0.698. The van der Waals surface area contributed by atoms with Gasteiger partial charge in [0.05, 0.1) is 5.69 Å². The molecule has 1 saturated heterocycles. The van der Waals surface area contributed by atoms with Crippen molar-refractivity contribution in [1.82, 2.24) is 15.2 Å². The Morgan fingerprint density at radius 1 is 1.19 bits per heavy atom. The van der Waals surface area contributed by atoms with E-state index < -0.39 is 17.5 Å². The number of anilines is 1. The van der Waals surface area contributed by atoms with Crippen molar-refractivity contribution in [3.05, 3.63) is 34.2 Å². The fraction of sp³-hybridized carbons (Fsp3) is 0.478. The van der Waals surface area contributed by atoms with Gasteiger partial charge >= 0.3 is 6.03 Å². The van der Waals surface area contributed by atoms with Crippen LogP contribution in [-0.4, -0.2) is 39.8 Å². The summed E-state index contributed by atoms with van der Waals surface area (Å²) in [5.74, 6) is -0.166. The number of hydrogen-bond donors (Lipinski definition) is 2. The van der Waals surface area contributed by atoms with Crippen LogP contribution in [0.15, 0.2) is 17.5 Å². The van der Waals surface area contributed by atoms with Crippen molar-refractivity contribution in [2.45, 2.75) is 58.9 Å². The number of aryl methyl sites for hydroxylation is 3. The zero-order valence-electron chi connectivity index (χ0n) is 18.4. The Morgan fingerprint density at radius 2 is 1.87 bits per heavy atom. The number of nitrogens with zero attached hydrogens (tertiary/aromatic N) is 2. The molecule has 2 aliphatic rings. The van der Waals surface area contributed by atoms with E-state index in [1.807, 2.05) is 12.3 Å². The van der Waals surface area contributed by atoms with Crippen molar-refractivity contribution < 1.29 is 14.4 Å². The van der Waals surface area contributed by atoms with Crippen LogP contribution in [-0.2, 0) is 9.59 Å². The van der Waals surface area contributed by atoms with E-state index in [-0.39, 0.29) is 12.5 Å². The van der Waals surface area contributed by atoms with Crippen LogP contribution < -0.4 is 10.6 Å².